The van der Waals surface area contributed by atoms with Gasteiger partial charge in [0.05, 0.1) is 11.3 Å². The van der Waals surface area contributed by atoms with Crippen LogP contribution >= 0.6 is 11.6 Å². The number of benzene rings is 1. The van der Waals surface area contributed by atoms with Gasteiger partial charge in [-0.25, -0.2) is 0 Å². The van der Waals surface area contributed by atoms with Crippen LogP contribution in [0.1, 0.15) is 18.9 Å². The van der Waals surface area contributed by atoms with Gasteiger partial charge in [-0.05, 0) is 24.6 Å². The minimum absolute atomic E-state index is 0.105. The first-order valence-corrected chi connectivity index (χ1v) is 6.69. The summed E-state index contributed by atoms with van der Waals surface area (Å²) in [6.45, 7) is 4.62. The zero-order valence-corrected chi connectivity index (χ0v) is 11.7. The van der Waals surface area contributed by atoms with Crippen molar-refractivity contribution in [1.29, 1.82) is 5.26 Å². The molecular weight excluding hydrogens is 262 g/mol. The number of halogens is 1. The number of hydrogen-bond acceptors (Lipinski definition) is 3. The number of carbonyl (C=O) groups is 1. The molecule has 100 valence electrons. The molecule has 5 heteroatoms. The Labute approximate surface area is 118 Å². The van der Waals surface area contributed by atoms with E-state index in [-0.39, 0.29) is 5.91 Å². The summed E-state index contributed by atoms with van der Waals surface area (Å²) in [5.74, 6) is 0.105. The highest BCUT2D eigenvalue weighted by molar-refractivity contribution is 6.30. The smallest absolute Gasteiger partial charge is 0.219 e. The summed E-state index contributed by atoms with van der Waals surface area (Å²) in [5.41, 5.74) is 1.49. The number of nitriles is 1. The molecule has 0 radical (unpaired) electrons. The van der Waals surface area contributed by atoms with Gasteiger partial charge in [-0.3, -0.25) is 4.79 Å². The third kappa shape index (κ3) is 3.18. The second-order valence-electron chi connectivity index (χ2n) is 4.62. The topological polar surface area (TPSA) is 47.3 Å². The SMILES string of the molecule is CC(=O)N1CCCN(c2cc(Cl)ccc2C#N)CC1. The van der Waals surface area contributed by atoms with E-state index < -0.39 is 0 Å². The molecule has 1 aromatic rings. The summed E-state index contributed by atoms with van der Waals surface area (Å²) in [7, 11) is 0. The number of amides is 1. The predicted molar refractivity (Wildman–Crippen MR) is 75.3 cm³/mol. The lowest BCUT2D eigenvalue weighted by Gasteiger charge is -2.24. The van der Waals surface area contributed by atoms with Crippen molar-refractivity contribution in [2.75, 3.05) is 31.1 Å². The van der Waals surface area contributed by atoms with Crippen LogP contribution in [-0.4, -0.2) is 37.0 Å². The van der Waals surface area contributed by atoms with Crippen molar-refractivity contribution in [2.45, 2.75) is 13.3 Å². The number of rotatable bonds is 1. The van der Waals surface area contributed by atoms with Gasteiger partial charge in [-0.2, -0.15) is 5.26 Å². The van der Waals surface area contributed by atoms with Crippen molar-refractivity contribution in [3.63, 3.8) is 0 Å². The van der Waals surface area contributed by atoms with Crippen LogP contribution in [0.3, 0.4) is 0 Å². The monoisotopic (exact) mass is 277 g/mol. The Morgan fingerprint density at radius 1 is 1.32 bits per heavy atom. The fourth-order valence-corrected chi connectivity index (χ4v) is 2.50. The molecule has 1 aromatic carbocycles. The van der Waals surface area contributed by atoms with Gasteiger partial charge in [0.25, 0.3) is 0 Å². The van der Waals surface area contributed by atoms with Crippen molar-refractivity contribution in [3.8, 4) is 6.07 Å². The zero-order chi connectivity index (χ0) is 13.8. The number of nitrogens with zero attached hydrogens (tertiary/aromatic N) is 3. The van der Waals surface area contributed by atoms with Crippen molar-refractivity contribution < 1.29 is 4.79 Å². The Morgan fingerprint density at radius 2 is 2.11 bits per heavy atom. The van der Waals surface area contributed by atoms with E-state index in [0.29, 0.717) is 17.1 Å². The molecule has 0 atom stereocenters. The molecule has 1 aliphatic heterocycles. The minimum Gasteiger partial charge on any atom is -0.369 e. The van der Waals surface area contributed by atoms with E-state index in [4.69, 9.17) is 16.9 Å². The molecule has 0 saturated carbocycles. The minimum atomic E-state index is 0.105. The average molecular weight is 278 g/mol. The van der Waals surface area contributed by atoms with Gasteiger partial charge in [0.1, 0.15) is 6.07 Å². The summed E-state index contributed by atoms with van der Waals surface area (Å²) >= 11 is 6.01. The molecule has 1 amide bonds. The van der Waals surface area contributed by atoms with E-state index in [2.05, 4.69) is 11.0 Å². The Kier molecular flexibility index (Phi) is 4.28. The molecule has 1 aliphatic rings. The lowest BCUT2D eigenvalue weighted by atomic mass is 10.1. The van der Waals surface area contributed by atoms with E-state index in [1.54, 1.807) is 19.1 Å². The third-order valence-corrected chi connectivity index (χ3v) is 3.60. The van der Waals surface area contributed by atoms with Gasteiger partial charge in [0.2, 0.25) is 5.91 Å². The van der Waals surface area contributed by atoms with Crippen LogP contribution < -0.4 is 4.90 Å². The molecule has 0 aliphatic carbocycles. The molecule has 2 rings (SSSR count). The van der Waals surface area contributed by atoms with Crippen molar-refractivity contribution in [2.24, 2.45) is 0 Å². The van der Waals surface area contributed by atoms with E-state index in [0.717, 1.165) is 31.7 Å². The average Bonchev–Trinajstić information content (AvgIpc) is 2.64. The molecule has 0 bridgehead atoms. The van der Waals surface area contributed by atoms with E-state index in [9.17, 15) is 4.79 Å². The molecule has 0 aromatic heterocycles. The van der Waals surface area contributed by atoms with Crippen LogP contribution in [0.4, 0.5) is 5.69 Å². The highest BCUT2D eigenvalue weighted by Gasteiger charge is 2.18. The first-order valence-electron chi connectivity index (χ1n) is 6.32. The first kappa shape index (κ1) is 13.7. The largest absolute Gasteiger partial charge is 0.369 e. The summed E-state index contributed by atoms with van der Waals surface area (Å²) in [5, 5.41) is 9.79. The van der Waals surface area contributed by atoms with Crippen LogP contribution in [0.5, 0.6) is 0 Å². The van der Waals surface area contributed by atoms with Crippen LogP contribution in [-0.2, 0) is 4.79 Å². The van der Waals surface area contributed by atoms with Gasteiger partial charge < -0.3 is 9.80 Å². The van der Waals surface area contributed by atoms with Gasteiger partial charge in [-0.15, -0.1) is 0 Å². The zero-order valence-electron chi connectivity index (χ0n) is 10.9. The molecule has 0 unspecified atom stereocenters. The Bertz CT molecular complexity index is 524. The van der Waals surface area contributed by atoms with E-state index in [1.165, 1.54) is 0 Å². The maximum Gasteiger partial charge on any atom is 0.219 e. The van der Waals surface area contributed by atoms with Crippen LogP contribution in [0.25, 0.3) is 0 Å². The van der Waals surface area contributed by atoms with Gasteiger partial charge >= 0.3 is 0 Å². The quantitative estimate of drug-likeness (QED) is 0.791. The van der Waals surface area contributed by atoms with E-state index >= 15 is 0 Å². The molecule has 0 N–H and O–H groups in total. The maximum absolute atomic E-state index is 11.4. The van der Waals surface area contributed by atoms with Crippen molar-refractivity contribution in [1.82, 2.24) is 4.90 Å². The first-order chi connectivity index (χ1) is 9.11. The summed E-state index contributed by atoms with van der Waals surface area (Å²) < 4.78 is 0. The van der Waals surface area contributed by atoms with Gasteiger partial charge in [0.15, 0.2) is 0 Å². The number of anilines is 1. The van der Waals surface area contributed by atoms with Crippen molar-refractivity contribution >= 4 is 23.2 Å². The Hall–Kier alpha value is -1.73. The van der Waals surface area contributed by atoms with Gasteiger partial charge in [-0.1, -0.05) is 11.6 Å². The van der Waals surface area contributed by atoms with Gasteiger partial charge in [0, 0.05) is 38.1 Å². The summed E-state index contributed by atoms with van der Waals surface area (Å²) in [4.78, 5) is 15.4. The summed E-state index contributed by atoms with van der Waals surface area (Å²) in [6, 6.07) is 7.48. The highest BCUT2D eigenvalue weighted by Crippen LogP contribution is 2.25. The molecule has 1 fully saturated rings. The standard InChI is InChI=1S/C14H16ClN3O/c1-11(19)17-5-2-6-18(8-7-17)14-9-13(15)4-3-12(14)10-16/h3-4,9H,2,5-8H2,1H3. The summed E-state index contributed by atoms with van der Waals surface area (Å²) in [6.07, 6.45) is 0.900. The molecule has 1 saturated heterocycles. The fourth-order valence-electron chi connectivity index (χ4n) is 2.33. The normalized spacial score (nSPS) is 15.8. The second-order valence-corrected chi connectivity index (χ2v) is 5.06. The molecule has 0 spiro atoms. The lowest BCUT2D eigenvalue weighted by molar-refractivity contribution is -0.128. The molecule has 19 heavy (non-hydrogen) atoms. The Balaban J connectivity index is 2.21. The predicted octanol–water partition coefficient (Wildman–Crippen LogP) is 2.27. The lowest BCUT2D eigenvalue weighted by Crippen LogP contribution is -2.33. The number of carbonyl (C=O) groups excluding carboxylic acids is 1. The van der Waals surface area contributed by atoms with Crippen LogP contribution in [0.15, 0.2) is 18.2 Å². The molecule has 1 heterocycles. The molecular formula is C14H16ClN3O. The van der Waals surface area contributed by atoms with Crippen molar-refractivity contribution in [3.05, 3.63) is 28.8 Å². The highest BCUT2D eigenvalue weighted by atomic mass is 35.5. The maximum atomic E-state index is 11.4. The fraction of sp³-hybridized carbons (Fsp3) is 0.429. The van der Waals surface area contributed by atoms with E-state index in [1.807, 2.05) is 11.0 Å². The Morgan fingerprint density at radius 3 is 2.79 bits per heavy atom. The number of hydrogen-bond donors (Lipinski definition) is 0. The van der Waals surface area contributed by atoms with Crippen LogP contribution in [0, 0.1) is 11.3 Å². The van der Waals surface area contributed by atoms with Crippen LogP contribution in [0.2, 0.25) is 5.02 Å². The third-order valence-electron chi connectivity index (χ3n) is 3.36. The second kappa shape index (κ2) is 5.94. The molecule has 4 nitrogen and oxygen atoms in total.